The van der Waals surface area contributed by atoms with Crippen LogP contribution in [0.15, 0.2) is 18.2 Å². The van der Waals surface area contributed by atoms with E-state index in [1.165, 1.54) is 6.07 Å². The Kier molecular flexibility index (Phi) is 5.52. The SMILES string of the molecule is CCOc1cccc([C@@H](CC(F)(F)F)N2CCNCC2)c1O. The first kappa shape index (κ1) is 16.9. The number of piperazine rings is 1. The number of nitrogens with zero attached hydrogens (tertiary/aromatic N) is 1. The highest BCUT2D eigenvalue weighted by molar-refractivity contribution is 5.47. The highest BCUT2D eigenvalue weighted by Gasteiger charge is 2.37. The summed E-state index contributed by atoms with van der Waals surface area (Å²) in [5.74, 6) is 0.0273. The summed E-state index contributed by atoms with van der Waals surface area (Å²) in [4.78, 5) is 1.76. The number of halogens is 3. The Morgan fingerprint density at radius 3 is 2.59 bits per heavy atom. The molecule has 1 atom stereocenters. The average molecular weight is 318 g/mol. The van der Waals surface area contributed by atoms with Crippen LogP contribution in [0, 0.1) is 0 Å². The molecule has 0 aliphatic carbocycles. The smallest absolute Gasteiger partial charge is 0.390 e. The quantitative estimate of drug-likeness (QED) is 0.876. The number of aromatic hydroxyl groups is 1. The molecule has 0 aromatic heterocycles. The number of para-hydroxylation sites is 1. The van der Waals surface area contributed by atoms with Gasteiger partial charge in [0.1, 0.15) is 0 Å². The minimum Gasteiger partial charge on any atom is -0.504 e. The lowest BCUT2D eigenvalue weighted by Crippen LogP contribution is -2.46. The van der Waals surface area contributed by atoms with Crippen molar-refractivity contribution in [2.45, 2.75) is 25.6 Å². The van der Waals surface area contributed by atoms with Crippen LogP contribution in [-0.2, 0) is 0 Å². The number of hydrogen-bond acceptors (Lipinski definition) is 4. The number of nitrogens with one attached hydrogen (secondary N) is 1. The van der Waals surface area contributed by atoms with E-state index in [2.05, 4.69) is 5.32 Å². The first-order chi connectivity index (χ1) is 10.4. The fourth-order valence-corrected chi connectivity index (χ4v) is 2.73. The molecular formula is C15H21F3N2O2. The third-order valence-electron chi connectivity index (χ3n) is 3.71. The molecule has 0 amide bonds. The molecule has 2 N–H and O–H groups in total. The molecule has 2 rings (SSSR count). The number of ether oxygens (including phenoxy) is 1. The maximum Gasteiger partial charge on any atom is 0.390 e. The van der Waals surface area contributed by atoms with E-state index in [9.17, 15) is 18.3 Å². The molecule has 22 heavy (non-hydrogen) atoms. The number of hydrogen-bond donors (Lipinski definition) is 2. The predicted octanol–water partition coefficient (Wildman–Crippen LogP) is 2.69. The third kappa shape index (κ3) is 4.27. The minimum atomic E-state index is -4.30. The summed E-state index contributed by atoms with van der Waals surface area (Å²) < 4.78 is 44.2. The van der Waals surface area contributed by atoms with Crippen molar-refractivity contribution >= 4 is 0 Å². The van der Waals surface area contributed by atoms with Gasteiger partial charge in [-0.05, 0) is 13.0 Å². The molecule has 0 unspecified atom stereocenters. The van der Waals surface area contributed by atoms with Crippen LogP contribution in [-0.4, -0.2) is 49.0 Å². The normalized spacial score (nSPS) is 18.2. The Morgan fingerprint density at radius 1 is 1.32 bits per heavy atom. The monoisotopic (exact) mass is 318 g/mol. The van der Waals surface area contributed by atoms with Crippen LogP contribution in [0.5, 0.6) is 11.5 Å². The molecule has 0 saturated carbocycles. The van der Waals surface area contributed by atoms with Gasteiger partial charge in [0.2, 0.25) is 0 Å². The van der Waals surface area contributed by atoms with Crippen molar-refractivity contribution in [3.8, 4) is 11.5 Å². The third-order valence-corrected chi connectivity index (χ3v) is 3.71. The summed E-state index contributed by atoms with van der Waals surface area (Å²) in [5.41, 5.74) is 0.269. The highest BCUT2D eigenvalue weighted by atomic mass is 19.4. The minimum absolute atomic E-state index is 0.197. The molecule has 1 heterocycles. The zero-order valence-corrected chi connectivity index (χ0v) is 12.5. The van der Waals surface area contributed by atoms with Gasteiger partial charge in [-0.3, -0.25) is 4.90 Å². The molecule has 0 bridgehead atoms. The number of benzene rings is 1. The predicted molar refractivity (Wildman–Crippen MR) is 77.1 cm³/mol. The second kappa shape index (κ2) is 7.19. The summed E-state index contributed by atoms with van der Waals surface area (Å²) in [5, 5.41) is 13.4. The Bertz CT molecular complexity index is 488. The van der Waals surface area contributed by atoms with Crippen molar-refractivity contribution in [2.24, 2.45) is 0 Å². The first-order valence-electron chi connectivity index (χ1n) is 7.38. The van der Waals surface area contributed by atoms with Gasteiger partial charge in [0.15, 0.2) is 11.5 Å². The van der Waals surface area contributed by atoms with Gasteiger partial charge in [-0.25, -0.2) is 0 Å². The van der Waals surface area contributed by atoms with Crippen molar-refractivity contribution < 1.29 is 23.0 Å². The second-order valence-electron chi connectivity index (χ2n) is 5.25. The first-order valence-corrected chi connectivity index (χ1v) is 7.38. The number of rotatable bonds is 5. The number of phenols is 1. The summed E-state index contributed by atoms with van der Waals surface area (Å²) in [6.07, 6.45) is -5.29. The van der Waals surface area contributed by atoms with Gasteiger partial charge in [-0.1, -0.05) is 12.1 Å². The Balaban J connectivity index is 2.33. The van der Waals surface area contributed by atoms with Crippen LogP contribution in [0.3, 0.4) is 0 Å². The van der Waals surface area contributed by atoms with Crippen LogP contribution >= 0.6 is 0 Å². The topological polar surface area (TPSA) is 44.7 Å². The van der Waals surface area contributed by atoms with Crippen molar-refractivity contribution in [3.05, 3.63) is 23.8 Å². The van der Waals surface area contributed by atoms with E-state index in [0.29, 0.717) is 32.8 Å². The molecule has 1 aliphatic heterocycles. The van der Waals surface area contributed by atoms with Gasteiger partial charge in [0, 0.05) is 37.8 Å². The molecule has 7 heteroatoms. The Labute approximate surface area is 127 Å². The lowest BCUT2D eigenvalue weighted by Gasteiger charge is -2.36. The van der Waals surface area contributed by atoms with Gasteiger partial charge in [0.05, 0.1) is 13.0 Å². The van der Waals surface area contributed by atoms with Gasteiger partial charge in [-0.2, -0.15) is 13.2 Å². The maximum absolute atomic E-state index is 13.0. The van der Waals surface area contributed by atoms with Crippen LogP contribution in [0.2, 0.25) is 0 Å². The molecule has 1 aromatic rings. The molecule has 1 fully saturated rings. The molecule has 4 nitrogen and oxygen atoms in total. The molecular weight excluding hydrogens is 297 g/mol. The van der Waals surface area contributed by atoms with E-state index in [1.54, 1.807) is 24.0 Å². The zero-order chi connectivity index (χ0) is 16.2. The van der Waals surface area contributed by atoms with Gasteiger partial charge < -0.3 is 15.2 Å². The van der Waals surface area contributed by atoms with Gasteiger partial charge >= 0.3 is 6.18 Å². The van der Waals surface area contributed by atoms with Crippen LogP contribution in [0.25, 0.3) is 0 Å². The molecule has 1 aliphatic rings. The van der Waals surface area contributed by atoms with Crippen LogP contribution in [0.1, 0.15) is 24.9 Å². The van der Waals surface area contributed by atoms with E-state index >= 15 is 0 Å². The maximum atomic E-state index is 13.0. The Morgan fingerprint density at radius 2 is 2.00 bits per heavy atom. The number of alkyl halides is 3. The summed E-state index contributed by atoms with van der Waals surface area (Å²) in [7, 11) is 0. The second-order valence-corrected chi connectivity index (χ2v) is 5.25. The van der Waals surface area contributed by atoms with Gasteiger partial charge in [-0.15, -0.1) is 0 Å². The van der Waals surface area contributed by atoms with E-state index in [1.807, 2.05) is 0 Å². The largest absolute Gasteiger partial charge is 0.504 e. The van der Waals surface area contributed by atoms with Crippen molar-refractivity contribution in [2.75, 3.05) is 32.8 Å². The number of phenolic OH excluding ortho intramolecular Hbond substituents is 1. The van der Waals surface area contributed by atoms with E-state index in [0.717, 1.165) is 0 Å². The van der Waals surface area contributed by atoms with E-state index in [4.69, 9.17) is 4.74 Å². The standard InChI is InChI=1S/C15H21F3N2O2/c1-2-22-13-5-3-4-11(14(13)21)12(10-15(16,17)18)20-8-6-19-7-9-20/h3-5,12,19,21H,2,6-10H2,1H3/t12-/m1/s1. The Hall–Kier alpha value is -1.47. The van der Waals surface area contributed by atoms with Crippen molar-refractivity contribution in [1.29, 1.82) is 0 Å². The summed E-state index contributed by atoms with van der Waals surface area (Å²) in [6.45, 7) is 4.41. The van der Waals surface area contributed by atoms with Gasteiger partial charge in [0.25, 0.3) is 0 Å². The zero-order valence-electron chi connectivity index (χ0n) is 12.5. The fourth-order valence-electron chi connectivity index (χ4n) is 2.73. The molecule has 1 saturated heterocycles. The average Bonchev–Trinajstić information content (AvgIpc) is 2.47. The van der Waals surface area contributed by atoms with Crippen molar-refractivity contribution in [3.63, 3.8) is 0 Å². The van der Waals surface area contributed by atoms with E-state index in [-0.39, 0.29) is 17.1 Å². The lowest BCUT2D eigenvalue weighted by molar-refractivity contribution is -0.148. The molecule has 124 valence electrons. The molecule has 0 radical (unpaired) electrons. The fraction of sp³-hybridized carbons (Fsp3) is 0.600. The van der Waals surface area contributed by atoms with Crippen LogP contribution in [0.4, 0.5) is 13.2 Å². The molecule has 0 spiro atoms. The highest BCUT2D eigenvalue weighted by Crippen LogP contribution is 2.41. The van der Waals surface area contributed by atoms with E-state index < -0.39 is 18.6 Å². The summed E-state index contributed by atoms with van der Waals surface area (Å²) in [6, 6.07) is 3.81. The summed E-state index contributed by atoms with van der Waals surface area (Å²) >= 11 is 0. The van der Waals surface area contributed by atoms with Crippen LogP contribution < -0.4 is 10.1 Å². The molecule has 1 aromatic carbocycles. The van der Waals surface area contributed by atoms with Crippen molar-refractivity contribution in [1.82, 2.24) is 10.2 Å². The lowest BCUT2D eigenvalue weighted by atomic mass is 9.99.